The number of hydrogen-bond acceptors (Lipinski definition) is 6. The van der Waals surface area contributed by atoms with E-state index >= 15 is 0 Å². The summed E-state index contributed by atoms with van der Waals surface area (Å²) in [4.78, 5) is 0. The Bertz CT molecular complexity index is 547. The van der Waals surface area contributed by atoms with E-state index in [2.05, 4.69) is 0 Å². The van der Waals surface area contributed by atoms with E-state index in [1.807, 2.05) is 44.2 Å². The van der Waals surface area contributed by atoms with Gasteiger partial charge in [-0.15, -0.1) is 0 Å². The molecule has 6 nitrogen and oxygen atoms in total. The topological polar surface area (TPSA) is 66.4 Å². The van der Waals surface area contributed by atoms with E-state index in [0.29, 0.717) is 6.61 Å². The molecule has 3 aliphatic rings. The molecular weight excluding hydrogens is 288 g/mol. The van der Waals surface area contributed by atoms with Crippen LogP contribution < -0.4 is 0 Å². The van der Waals surface area contributed by atoms with Gasteiger partial charge in [0.05, 0.1) is 13.2 Å². The summed E-state index contributed by atoms with van der Waals surface area (Å²) in [5.41, 5.74) is 0.187. The molecule has 6 heteroatoms. The summed E-state index contributed by atoms with van der Waals surface area (Å²) in [5.74, 6) is -0.739. The van der Waals surface area contributed by atoms with Gasteiger partial charge in [0, 0.05) is 0 Å². The van der Waals surface area contributed by atoms with E-state index in [4.69, 9.17) is 23.7 Å². The molecule has 1 aromatic rings. The maximum Gasteiger partial charge on any atom is 0.190 e. The normalized spacial score (nSPS) is 42.3. The van der Waals surface area contributed by atoms with Gasteiger partial charge in [-0.3, -0.25) is 0 Å². The lowest BCUT2D eigenvalue weighted by Crippen LogP contribution is -2.52. The van der Waals surface area contributed by atoms with E-state index in [1.54, 1.807) is 0 Å². The molecule has 120 valence electrons. The molecule has 0 spiro atoms. The maximum absolute atomic E-state index is 10.0. The number of benzene rings is 1. The van der Waals surface area contributed by atoms with Crippen molar-refractivity contribution < 1.29 is 28.8 Å². The first-order valence-corrected chi connectivity index (χ1v) is 7.49. The molecule has 1 aromatic carbocycles. The van der Waals surface area contributed by atoms with Crippen LogP contribution in [-0.4, -0.2) is 47.9 Å². The van der Waals surface area contributed by atoms with Crippen molar-refractivity contribution in [2.75, 3.05) is 6.61 Å². The van der Waals surface area contributed by atoms with Crippen LogP contribution >= 0.6 is 0 Å². The van der Waals surface area contributed by atoms with Crippen LogP contribution in [0.25, 0.3) is 0 Å². The van der Waals surface area contributed by atoms with Crippen LogP contribution in [0.1, 0.15) is 19.4 Å². The fraction of sp³-hybridized carbons (Fsp3) is 0.625. The Labute approximate surface area is 128 Å². The average molecular weight is 308 g/mol. The van der Waals surface area contributed by atoms with E-state index in [1.165, 1.54) is 0 Å². The number of aliphatic hydroxyl groups excluding tert-OH is 1. The number of aliphatic hydroxyl groups is 1. The fourth-order valence-electron chi connectivity index (χ4n) is 3.36. The Morgan fingerprint density at radius 3 is 2.73 bits per heavy atom. The SMILES string of the molecule is CC1(C)OC2OC3C(O)OCC3(OCc3ccccc3)C2O1. The molecule has 0 aromatic heterocycles. The van der Waals surface area contributed by atoms with Gasteiger partial charge >= 0.3 is 0 Å². The summed E-state index contributed by atoms with van der Waals surface area (Å²) in [7, 11) is 0. The molecule has 0 amide bonds. The highest BCUT2D eigenvalue weighted by Crippen LogP contribution is 2.49. The molecule has 3 heterocycles. The number of fused-ring (bicyclic) bond motifs is 3. The van der Waals surface area contributed by atoms with Crippen LogP contribution in [0.2, 0.25) is 0 Å². The summed E-state index contributed by atoms with van der Waals surface area (Å²) in [6.07, 6.45) is -2.61. The summed E-state index contributed by atoms with van der Waals surface area (Å²) < 4.78 is 29.0. The Hall–Kier alpha value is -1.02. The molecule has 5 unspecified atom stereocenters. The third-order valence-electron chi connectivity index (χ3n) is 4.39. The van der Waals surface area contributed by atoms with Crippen molar-refractivity contribution in [2.45, 2.75) is 56.6 Å². The second kappa shape index (κ2) is 4.99. The predicted octanol–water partition coefficient (Wildman–Crippen LogP) is 1.17. The predicted molar refractivity (Wildman–Crippen MR) is 74.6 cm³/mol. The van der Waals surface area contributed by atoms with Crippen LogP contribution in [0.4, 0.5) is 0 Å². The molecule has 3 saturated heterocycles. The van der Waals surface area contributed by atoms with Gasteiger partial charge in [-0.1, -0.05) is 30.3 Å². The summed E-state index contributed by atoms with van der Waals surface area (Å²) >= 11 is 0. The zero-order valence-corrected chi connectivity index (χ0v) is 12.6. The molecule has 0 radical (unpaired) electrons. The van der Waals surface area contributed by atoms with Gasteiger partial charge in [0.15, 0.2) is 24.0 Å². The van der Waals surface area contributed by atoms with Gasteiger partial charge in [-0.25, -0.2) is 0 Å². The first-order chi connectivity index (χ1) is 10.5. The molecule has 0 bridgehead atoms. The molecule has 0 aliphatic carbocycles. The molecule has 1 N–H and O–H groups in total. The van der Waals surface area contributed by atoms with E-state index in [9.17, 15) is 5.11 Å². The Morgan fingerprint density at radius 2 is 1.95 bits per heavy atom. The smallest absolute Gasteiger partial charge is 0.190 e. The van der Waals surface area contributed by atoms with Gasteiger partial charge in [-0.05, 0) is 19.4 Å². The summed E-state index contributed by atoms with van der Waals surface area (Å²) in [6, 6.07) is 9.85. The third-order valence-corrected chi connectivity index (χ3v) is 4.39. The highest BCUT2D eigenvalue weighted by molar-refractivity contribution is 5.15. The molecule has 3 fully saturated rings. The van der Waals surface area contributed by atoms with Crippen LogP contribution in [0.3, 0.4) is 0 Å². The van der Waals surface area contributed by atoms with Crippen LogP contribution in [0.5, 0.6) is 0 Å². The van der Waals surface area contributed by atoms with Crippen molar-refractivity contribution in [2.24, 2.45) is 0 Å². The molecule has 22 heavy (non-hydrogen) atoms. The van der Waals surface area contributed by atoms with Crippen LogP contribution in [0, 0.1) is 0 Å². The first-order valence-electron chi connectivity index (χ1n) is 7.49. The standard InChI is InChI=1S/C16H20O6/c1-15(2)21-12-14(22-15)20-11-13(17)18-9-16(11,12)19-8-10-6-4-3-5-7-10/h3-7,11-14,17H,8-9H2,1-2H3. The van der Waals surface area contributed by atoms with Gasteiger partial charge in [0.1, 0.15) is 12.2 Å². The molecular formula is C16H20O6. The van der Waals surface area contributed by atoms with Crippen LogP contribution in [0.15, 0.2) is 30.3 Å². The molecule has 5 atom stereocenters. The molecule has 3 aliphatic heterocycles. The molecule has 4 rings (SSSR count). The quantitative estimate of drug-likeness (QED) is 0.904. The number of hydrogen-bond donors (Lipinski definition) is 1. The highest BCUT2D eigenvalue weighted by Gasteiger charge is 2.69. The molecule has 0 saturated carbocycles. The zero-order valence-electron chi connectivity index (χ0n) is 12.6. The van der Waals surface area contributed by atoms with Crippen molar-refractivity contribution in [3.05, 3.63) is 35.9 Å². The van der Waals surface area contributed by atoms with Crippen molar-refractivity contribution in [3.8, 4) is 0 Å². The van der Waals surface area contributed by atoms with Gasteiger partial charge in [0.2, 0.25) is 0 Å². The number of ether oxygens (including phenoxy) is 5. The Morgan fingerprint density at radius 1 is 1.18 bits per heavy atom. The van der Waals surface area contributed by atoms with Crippen molar-refractivity contribution >= 4 is 0 Å². The highest BCUT2D eigenvalue weighted by atomic mass is 16.9. The first kappa shape index (κ1) is 14.6. The minimum Gasteiger partial charge on any atom is -0.366 e. The van der Waals surface area contributed by atoms with Gasteiger partial charge in [0.25, 0.3) is 0 Å². The second-order valence-electron chi connectivity index (χ2n) is 6.41. The van der Waals surface area contributed by atoms with Crippen LogP contribution in [-0.2, 0) is 30.3 Å². The van der Waals surface area contributed by atoms with E-state index in [-0.39, 0.29) is 6.61 Å². The second-order valence-corrected chi connectivity index (χ2v) is 6.41. The summed E-state index contributed by atoms with van der Waals surface area (Å²) in [6.45, 7) is 4.28. The summed E-state index contributed by atoms with van der Waals surface area (Å²) in [5, 5.41) is 10.0. The lowest BCUT2D eigenvalue weighted by Gasteiger charge is -2.32. The monoisotopic (exact) mass is 308 g/mol. The average Bonchev–Trinajstić information content (AvgIpc) is 3.06. The van der Waals surface area contributed by atoms with Gasteiger partial charge in [-0.2, -0.15) is 0 Å². The van der Waals surface area contributed by atoms with Gasteiger partial charge < -0.3 is 28.8 Å². The Balaban J connectivity index is 1.58. The van der Waals surface area contributed by atoms with Crippen molar-refractivity contribution in [1.82, 2.24) is 0 Å². The lowest BCUT2D eigenvalue weighted by molar-refractivity contribution is -0.242. The maximum atomic E-state index is 10.0. The Kier molecular flexibility index (Phi) is 3.30. The minimum atomic E-state index is -1.03. The van der Waals surface area contributed by atoms with Crippen molar-refractivity contribution in [3.63, 3.8) is 0 Å². The fourth-order valence-corrected chi connectivity index (χ4v) is 3.36. The minimum absolute atomic E-state index is 0.215. The van der Waals surface area contributed by atoms with E-state index < -0.39 is 36.2 Å². The largest absolute Gasteiger partial charge is 0.366 e. The van der Waals surface area contributed by atoms with Crippen molar-refractivity contribution in [1.29, 1.82) is 0 Å². The zero-order chi connectivity index (χ0) is 15.4. The third kappa shape index (κ3) is 2.19. The number of rotatable bonds is 3. The van der Waals surface area contributed by atoms with E-state index in [0.717, 1.165) is 5.56 Å². The lowest BCUT2D eigenvalue weighted by atomic mass is 9.94.